The van der Waals surface area contributed by atoms with E-state index in [4.69, 9.17) is 52.5 Å². The molecular formula is C45H54Cl2N8O6. The van der Waals surface area contributed by atoms with Crippen LogP contribution in [0.25, 0.3) is 39.3 Å². The van der Waals surface area contributed by atoms with Gasteiger partial charge in [-0.05, 0) is 90.5 Å². The first-order valence-electron chi connectivity index (χ1n) is 20.9. The number of pyridine rings is 3. The summed E-state index contributed by atoms with van der Waals surface area (Å²) in [6.07, 6.45) is 7.54. The minimum Gasteiger partial charge on any atom is -0.490 e. The van der Waals surface area contributed by atoms with Crippen LogP contribution < -0.4 is 14.8 Å². The van der Waals surface area contributed by atoms with E-state index in [9.17, 15) is 14.7 Å². The van der Waals surface area contributed by atoms with Gasteiger partial charge in [0.25, 0.3) is 0 Å². The molecule has 0 bridgehead atoms. The zero-order valence-electron chi connectivity index (χ0n) is 35.6. The van der Waals surface area contributed by atoms with Crippen molar-refractivity contribution in [3.05, 3.63) is 76.3 Å². The van der Waals surface area contributed by atoms with Crippen LogP contribution in [0.3, 0.4) is 0 Å². The van der Waals surface area contributed by atoms with Gasteiger partial charge in [-0.2, -0.15) is 0 Å². The number of benzene rings is 1. The van der Waals surface area contributed by atoms with Gasteiger partial charge >= 0.3 is 6.09 Å². The smallest absolute Gasteiger partial charge is 0.410 e. The molecule has 5 heterocycles. The number of aliphatic hydroxyl groups is 1. The Morgan fingerprint density at radius 1 is 0.967 bits per heavy atom. The van der Waals surface area contributed by atoms with Gasteiger partial charge in [0.1, 0.15) is 5.60 Å². The maximum absolute atomic E-state index is 13.6. The Kier molecular flexibility index (Phi) is 13.7. The Morgan fingerprint density at radius 3 is 2.38 bits per heavy atom. The summed E-state index contributed by atoms with van der Waals surface area (Å²) < 4.78 is 19.4. The summed E-state index contributed by atoms with van der Waals surface area (Å²) in [5.74, 6) is 1.55. The highest BCUT2D eigenvalue weighted by Gasteiger charge is 2.33. The van der Waals surface area contributed by atoms with Gasteiger partial charge in [-0.15, -0.1) is 5.10 Å². The van der Waals surface area contributed by atoms with Crippen LogP contribution in [0, 0.1) is 0 Å². The lowest BCUT2D eigenvalue weighted by Crippen LogP contribution is -2.49. The number of ether oxygens (including phenoxy) is 3. The Bertz CT molecular complexity index is 2370. The molecule has 324 valence electrons. The standard InChI is InChI=1S/C45H54Cl2N8O6/c1-7-60-37-23-29(26-55-42(37)51-38(52-55)24-49-30-12-14-32(57)15-13-30)41-40(47)34(17-20-48-41)33-9-8-10-35(39(33)46)36-16-11-28(43(50-36)59-6)25-54(44(58)61-45(3,4)5)31-18-21-53(22-19-31)27(2)56/h8-11,16-17,20,23,26,30-32,49,57H,7,12-15,18-19,21-22,24-25H2,1-6H3. The first-order valence-corrected chi connectivity index (χ1v) is 21.6. The zero-order valence-corrected chi connectivity index (χ0v) is 37.1. The largest absolute Gasteiger partial charge is 0.490 e. The van der Waals surface area contributed by atoms with Crippen LogP contribution in [0.15, 0.2) is 54.9 Å². The predicted molar refractivity (Wildman–Crippen MR) is 235 cm³/mol. The minimum atomic E-state index is -0.692. The molecule has 0 radical (unpaired) electrons. The Labute approximate surface area is 366 Å². The molecule has 7 rings (SSSR count). The molecule has 0 spiro atoms. The maximum Gasteiger partial charge on any atom is 0.410 e. The van der Waals surface area contributed by atoms with E-state index in [-0.39, 0.29) is 24.6 Å². The van der Waals surface area contributed by atoms with Gasteiger partial charge in [0.05, 0.1) is 54.3 Å². The van der Waals surface area contributed by atoms with Crippen molar-refractivity contribution in [2.45, 2.75) is 110 Å². The molecule has 0 unspecified atom stereocenters. The zero-order chi connectivity index (χ0) is 43.4. The van der Waals surface area contributed by atoms with E-state index in [1.165, 1.54) is 0 Å². The fraction of sp³-hybridized carbons (Fsp3) is 0.467. The molecule has 16 heteroatoms. The number of nitrogens with one attached hydrogen (secondary N) is 1. The lowest BCUT2D eigenvalue weighted by atomic mass is 9.93. The van der Waals surface area contributed by atoms with Crippen molar-refractivity contribution < 1.29 is 28.9 Å². The molecule has 14 nitrogen and oxygen atoms in total. The molecule has 61 heavy (non-hydrogen) atoms. The number of methoxy groups -OCH3 is 1. The van der Waals surface area contributed by atoms with E-state index < -0.39 is 11.7 Å². The molecule has 1 saturated heterocycles. The van der Waals surface area contributed by atoms with Gasteiger partial charge in [0.15, 0.2) is 17.2 Å². The van der Waals surface area contributed by atoms with Gasteiger partial charge in [0, 0.05) is 72.3 Å². The summed E-state index contributed by atoms with van der Waals surface area (Å²) in [6.45, 7) is 11.2. The average Bonchev–Trinajstić information content (AvgIpc) is 3.66. The van der Waals surface area contributed by atoms with Crippen LogP contribution in [0.1, 0.15) is 84.5 Å². The van der Waals surface area contributed by atoms with Gasteiger partial charge in [-0.1, -0.05) is 41.4 Å². The number of nitrogens with zero attached hydrogens (tertiary/aromatic N) is 7. The quantitative estimate of drug-likeness (QED) is 0.124. The molecule has 4 aromatic heterocycles. The summed E-state index contributed by atoms with van der Waals surface area (Å²) in [5.41, 5.74) is 4.38. The summed E-state index contributed by atoms with van der Waals surface area (Å²) >= 11 is 14.4. The number of amides is 2. The van der Waals surface area contributed by atoms with E-state index in [2.05, 4.69) is 10.3 Å². The van der Waals surface area contributed by atoms with Crippen molar-refractivity contribution >= 4 is 40.8 Å². The summed E-state index contributed by atoms with van der Waals surface area (Å²) in [5, 5.41) is 19.0. The fourth-order valence-corrected chi connectivity index (χ4v) is 8.68. The van der Waals surface area contributed by atoms with E-state index >= 15 is 0 Å². The number of aliphatic hydroxyl groups excluding tert-OH is 1. The van der Waals surface area contributed by atoms with Crippen LogP contribution in [0.4, 0.5) is 4.79 Å². The highest BCUT2D eigenvalue weighted by molar-refractivity contribution is 6.39. The molecular weight excluding hydrogens is 819 g/mol. The van der Waals surface area contributed by atoms with Crippen LogP contribution in [-0.2, 0) is 22.6 Å². The average molecular weight is 874 g/mol. The van der Waals surface area contributed by atoms with E-state index in [1.807, 2.05) is 76.4 Å². The third-order valence-electron chi connectivity index (χ3n) is 11.2. The summed E-state index contributed by atoms with van der Waals surface area (Å²) in [4.78, 5) is 43.5. The van der Waals surface area contributed by atoms with Crippen molar-refractivity contribution in [1.29, 1.82) is 0 Å². The minimum absolute atomic E-state index is 0.0234. The van der Waals surface area contributed by atoms with Crippen molar-refractivity contribution in [3.63, 3.8) is 0 Å². The molecule has 1 aliphatic carbocycles. The van der Waals surface area contributed by atoms with E-state index in [0.29, 0.717) is 117 Å². The first kappa shape index (κ1) is 44.0. The number of likely N-dealkylation sites (tertiary alicyclic amines) is 1. The fourth-order valence-electron chi connectivity index (χ4n) is 8.03. The SMILES string of the molecule is CCOc1cc(-c2nccc(-c3cccc(-c4ccc(CN(C(=O)OC(C)(C)C)C5CCN(C(C)=O)CC5)c(OC)n4)c3Cl)c2Cl)cn2nc(CNC3CCC(O)CC3)nc12. The molecule has 2 aliphatic rings. The highest BCUT2D eigenvalue weighted by atomic mass is 35.5. The van der Waals surface area contributed by atoms with E-state index in [0.717, 1.165) is 25.7 Å². The molecule has 1 aliphatic heterocycles. The highest BCUT2D eigenvalue weighted by Crippen LogP contribution is 2.42. The number of rotatable bonds is 12. The van der Waals surface area contributed by atoms with Crippen molar-refractivity contribution in [2.75, 3.05) is 26.8 Å². The number of piperidine rings is 1. The lowest BCUT2D eigenvalue weighted by molar-refractivity contribution is -0.130. The number of carbonyl (C=O) groups is 2. The topological polar surface area (TPSA) is 157 Å². The number of halogens is 2. The normalized spacial score (nSPS) is 17.4. The molecule has 5 aromatic rings. The molecule has 0 atom stereocenters. The van der Waals surface area contributed by atoms with Crippen molar-refractivity contribution in [3.8, 4) is 45.3 Å². The molecule has 1 saturated carbocycles. The number of hydrogen-bond donors (Lipinski definition) is 2. The number of hydrogen-bond acceptors (Lipinski definition) is 11. The van der Waals surface area contributed by atoms with E-state index in [1.54, 1.807) is 34.5 Å². The molecule has 2 amide bonds. The predicted octanol–water partition coefficient (Wildman–Crippen LogP) is 8.38. The number of carbonyl (C=O) groups excluding carboxylic acids is 2. The van der Waals surface area contributed by atoms with Gasteiger partial charge in [-0.3, -0.25) is 9.78 Å². The lowest BCUT2D eigenvalue weighted by Gasteiger charge is -2.39. The number of fused-ring (bicyclic) bond motifs is 1. The second kappa shape index (κ2) is 18.9. The monoisotopic (exact) mass is 872 g/mol. The second-order valence-electron chi connectivity index (χ2n) is 16.6. The molecule has 2 N–H and O–H groups in total. The Balaban J connectivity index is 1.16. The summed E-state index contributed by atoms with van der Waals surface area (Å²) in [6, 6.07) is 13.3. The van der Waals surface area contributed by atoms with Crippen LogP contribution in [0.2, 0.25) is 10.0 Å². The Morgan fingerprint density at radius 2 is 1.69 bits per heavy atom. The van der Waals surface area contributed by atoms with Gasteiger partial charge in [0.2, 0.25) is 11.8 Å². The van der Waals surface area contributed by atoms with Crippen LogP contribution >= 0.6 is 23.2 Å². The molecule has 1 aromatic carbocycles. The Hall–Kier alpha value is -5.02. The third kappa shape index (κ3) is 10.2. The molecule has 2 fully saturated rings. The maximum atomic E-state index is 13.6. The van der Waals surface area contributed by atoms with Gasteiger partial charge in [-0.25, -0.2) is 19.3 Å². The number of aromatic nitrogens is 5. The van der Waals surface area contributed by atoms with Crippen molar-refractivity contribution in [2.24, 2.45) is 0 Å². The van der Waals surface area contributed by atoms with Crippen molar-refractivity contribution in [1.82, 2.24) is 39.7 Å². The van der Waals surface area contributed by atoms with Crippen LogP contribution in [0.5, 0.6) is 11.6 Å². The van der Waals surface area contributed by atoms with Gasteiger partial charge < -0.3 is 34.4 Å². The second-order valence-corrected chi connectivity index (χ2v) is 17.4. The summed E-state index contributed by atoms with van der Waals surface area (Å²) in [7, 11) is 1.55. The first-order chi connectivity index (χ1) is 29.2. The van der Waals surface area contributed by atoms with Crippen LogP contribution in [-0.4, -0.2) is 102 Å². The third-order valence-corrected chi connectivity index (χ3v) is 12.0.